The van der Waals surface area contributed by atoms with Crippen molar-refractivity contribution >= 4 is 5.96 Å². The van der Waals surface area contributed by atoms with Crippen LogP contribution in [0.4, 0.5) is 0 Å². The minimum atomic E-state index is 0.532. The summed E-state index contributed by atoms with van der Waals surface area (Å²) in [5.41, 5.74) is 3.31. The van der Waals surface area contributed by atoms with E-state index in [9.17, 15) is 0 Å². The van der Waals surface area contributed by atoms with E-state index in [4.69, 9.17) is 14.2 Å². The van der Waals surface area contributed by atoms with E-state index in [0.29, 0.717) is 19.7 Å². The summed E-state index contributed by atoms with van der Waals surface area (Å²) >= 11 is 0. The van der Waals surface area contributed by atoms with E-state index in [-0.39, 0.29) is 0 Å². The number of ether oxygens (including phenoxy) is 3. The highest BCUT2D eigenvalue weighted by molar-refractivity contribution is 5.79. The van der Waals surface area contributed by atoms with E-state index in [1.54, 1.807) is 14.2 Å². The highest BCUT2D eigenvalue weighted by atomic mass is 16.5. The number of rotatable bonds is 9. The molecule has 2 aromatic rings. The van der Waals surface area contributed by atoms with Gasteiger partial charge in [0.2, 0.25) is 0 Å². The van der Waals surface area contributed by atoms with Crippen LogP contribution in [-0.2, 0) is 13.1 Å². The Labute approximate surface area is 167 Å². The molecule has 2 aromatic carbocycles. The zero-order chi connectivity index (χ0) is 20.4. The van der Waals surface area contributed by atoms with E-state index in [1.165, 1.54) is 5.56 Å². The van der Waals surface area contributed by atoms with Crippen LogP contribution < -0.4 is 24.8 Å². The molecular formula is C22H31N3O3. The lowest BCUT2D eigenvalue weighted by atomic mass is 10.1. The lowest BCUT2D eigenvalue weighted by Crippen LogP contribution is -2.36. The van der Waals surface area contributed by atoms with Crippen LogP contribution in [0.15, 0.2) is 41.4 Å². The molecule has 0 aromatic heterocycles. The van der Waals surface area contributed by atoms with Gasteiger partial charge in [-0.2, -0.15) is 0 Å². The van der Waals surface area contributed by atoms with E-state index in [0.717, 1.165) is 40.9 Å². The standard InChI is InChI=1S/C22H31N3O3/c1-6-23-22(25-15-18-10-8-16(3)12-20(18)27-5)24-14-17-9-11-19(26-4)21(13-17)28-7-2/h8-13H,6-7,14-15H2,1-5H3,(H2,23,24,25). The molecule has 0 aliphatic carbocycles. The Hall–Kier alpha value is -2.89. The normalized spacial score (nSPS) is 11.1. The van der Waals surface area contributed by atoms with Crippen molar-refractivity contribution in [2.75, 3.05) is 27.4 Å². The Morgan fingerprint density at radius 3 is 2.39 bits per heavy atom. The van der Waals surface area contributed by atoms with Crippen molar-refractivity contribution in [3.05, 3.63) is 53.1 Å². The van der Waals surface area contributed by atoms with Gasteiger partial charge in [-0.1, -0.05) is 18.2 Å². The van der Waals surface area contributed by atoms with Gasteiger partial charge in [-0.3, -0.25) is 0 Å². The van der Waals surface area contributed by atoms with Gasteiger partial charge in [-0.05, 0) is 50.1 Å². The zero-order valence-electron chi connectivity index (χ0n) is 17.5. The van der Waals surface area contributed by atoms with Crippen molar-refractivity contribution in [1.29, 1.82) is 0 Å². The molecule has 28 heavy (non-hydrogen) atoms. The fraction of sp³-hybridized carbons (Fsp3) is 0.409. The average molecular weight is 386 g/mol. The number of nitrogens with zero attached hydrogens (tertiary/aromatic N) is 1. The van der Waals surface area contributed by atoms with Gasteiger partial charge in [0.25, 0.3) is 0 Å². The number of hydrogen-bond acceptors (Lipinski definition) is 4. The van der Waals surface area contributed by atoms with Gasteiger partial charge in [0, 0.05) is 18.7 Å². The van der Waals surface area contributed by atoms with Crippen LogP contribution in [0, 0.1) is 6.92 Å². The summed E-state index contributed by atoms with van der Waals surface area (Å²) in [6, 6.07) is 12.1. The van der Waals surface area contributed by atoms with Gasteiger partial charge in [-0.25, -0.2) is 4.99 Å². The number of methoxy groups -OCH3 is 2. The van der Waals surface area contributed by atoms with Gasteiger partial charge in [-0.15, -0.1) is 0 Å². The monoisotopic (exact) mass is 385 g/mol. The summed E-state index contributed by atoms with van der Waals surface area (Å²) in [6.07, 6.45) is 0. The lowest BCUT2D eigenvalue weighted by molar-refractivity contribution is 0.310. The molecule has 6 nitrogen and oxygen atoms in total. The molecule has 0 heterocycles. The molecule has 0 radical (unpaired) electrons. The molecule has 0 bridgehead atoms. The summed E-state index contributed by atoms with van der Waals surface area (Å²) in [4.78, 5) is 4.69. The predicted octanol–water partition coefficient (Wildman–Crippen LogP) is 3.67. The van der Waals surface area contributed by atoms with Crippen LogP contribution in [0.3, 0.4) is 0 Å². The Kier molecular flexibility index (Phi) is 8.46. The summed E-state index contributed by atoms with van der Waals surface area (Å²) in [7, 11) is 3.33. The van der Waals surface area contributed by atoms with Crippen molar-refractivity contribution in [3.8, 4) is 17.2 Å². The van der Waals surface area contributed by atoms with Crippen LogP contribution in [0.5, 0.6) is 17.2 Å². The second-order valence-electron chi connectivity index (χ2n) is 6.28. The fourth-order valence-electron chi connectivity index (χ4n) is 2.78. The topological polar surface area (TPSA) is 64.1 Å². The first-order chi connectivity index (χ1) is 13.6. The van der Waals surface area contributed by atoms with Crippen molar-refractivity contribution in [2.24, 2.45) is 4.99 Å². The van der Waals surface area contributed by atoms with Gasteiger partial charge in [0.1, 0.15) is 5.75 Å². The van der Waals surface area contributed by atoms with Crippen LogP contribution in [0.1, 0.15) is 30.5 Å². The van der Waals surface area contributed by atoms with E-state index < -0.39 is 0 Å². The molecule has 0 aliphatic heterocycles. The van der Waals surface area contributed by atoms with Crippen LogP contribution in [0.2, 0.25) is 0 Å². The second-order valence-corrected chi connectivity index (χ2v) is 6.28. The zero-order valence-corrected chi connectivity index (χ0v) is 17.5. The molecule has 2 rings (SSSR count). The minimum Gasteiger partial charge on any atom is -0.496 e. The lowest BCUT2D eigenvalue weighted by Gasteiger charge is -2.14. The molecule has 6 heteroatoms. The molecule has 2 N–H and O–H groups in total. The Balaban J connectivity index is 2.09. The van der Waals surface area contributed by atoms with E-state index in [2.05, 4.69) is 34.7 Å². The Morgan fingerprint density at radius 1 is 0.929 bits per heavy atom. The molecule has 0 aliphatic rings. The van der Waals surface area contributed by atoms with E-state index in [1.807, 2.05) is 38.1 Å². The molecule has 152 valence electrons. The van der Waals surface area contributed by atoms with E-state index >= 15 is 0 Å². The first kappa shape index (κ1) is 21.4. The number of aryl methyl sites for hydroxylation is 1. The van der Waals surface area contributed by atoms with Crippen molar-refractivity contribution in [3.63, 3.8) is 0 Å². The van der Waals surface area contributed by atoms with Crippen molar-refractivity contribution in [1.82, 2.24) is 10.6 Å². The summed E-state index contributed by atoms with van der Waals surface area (Å²) in [5, 5.41) is 6.64. The Morgan fingerprint density at radius 2 is 1.71 bits per heavy atom. The van der Waals surface area contributed by atoms with Gasteiger partial charge in [0.05, 0.1) is 27.4 Å². The molecule has 0 spiro atoms. The summed E-state index contributed by atoms with van der Waals surface area (Å²) in [6.45, 7) is 8.58. The molecule has 0 unspecified atom stereocenters. The first-order valence-corrected chi connectivity index (χ1v) is 9.56. The highest BCUT2D eigenvalue weighted by Gasteiger charge is 2.07. The quantitative estimate of drug-likeness (QED) is 0.509. The minimum absolute atomic E-state index is 0.532. The largest absolute Gasteiger partial charge is 0.496 e. The number of guanidine groups is 1. The fourth-order valence-corrected chi connectivity index (χ4v) is 2.78. The molecular weight excluding hydrogens is 354 g/mol. The van der Waals surface area contributed by atoms with Crippen LogP contribution >= 0.6 is 0 Å². The van der Waals surface area contributed by atoms with Crippen molar-refractivity contribution in [2.45, 2.75) is 33.9 Å². The predicted molar refractivity (Wildman–Crippen MR) is 114 cm³/mol. The third-order valence-corrected chi connectivity index (χ3v) is 4.18. The number of benzene rings is 2. The molecule has 0 saturated heterocycles. The maximum absolute atomic E-state index is 5.64. The highest BCUT2D eigenvalue weighted by Crippen LogP contribution is 2.28. The third-order valence-electron chi connectivity index (χ3n) is 4.18. The molecule has 0 amide bonds. The Bertz CT molecular complexity index is 791. The molecule has 0 saturated carbocycles. The van der Waals surface area contributed by atoms with Crippen LogP contribution in [0.25, 0.3) is 0 Å². The second kappa shape index (κ2) is 11.1. The maximum atomic E-state index is 5.64. The average Bonchev–Trinajstić information content (AvgIpc) is 2.71. The molecule has 0 fully saturated rings. The third kappa shape index (κ3) is 6.08. The van der Waals surface area contributed by atoms with Gasteiger partial charge < -0.3 is 24.8 Å². The van der Waals surface area contributed by atoms with Crippen molar-refractivity contribution < 1.29 is 14.2 Å². The molecule has 0 atom stereocenters. The number of aliphatic imine (C=N–C) groups is 1. The SMILES string of the molecule is CCNC(=NCc1ccc(OC)c(OCC)c1)NCc1ccc(C)cc1OC. The van der Waals surface area contributed by atoms with Crippen LogP contribution in [-0.4, -0.2) is 33.3 Å². The maximum Gasteiger partial charge on any atom is 0.191 e. The van der Waals surface area contributed by atoms with Gasteiger partial charge in [0.15, 0.2) is 17.5 Å². The summed E-state index contributed by atoms with van der Waals surface area (Å²) in [5.74, 6) is 3.09. The van der Waals surface area contributed by atoms with Gasteiger partial charge >= 0.3 is 0 Å². The number of nitrogens with one attached hydrogen (secondary N) is 2. The smallest absolute Gasteiger partial charge is 0.191 e. The summed E-state index contributed by atoms with van der Waals surface area (Å²) < 4.78 is 16.5. The first-order valence-electron chi connectivity index (χ1n) is 9.56. The number of hydrogen-bond donors (Lipinski definition) is 2.